The molecule has 1 heterocycles. The molecule has 0 spiro atoms. The highest BCUT2D eigenvalue weighted by Gasteiger charge is 2.15. The third kappa shape index (κ3) is 2.32. The number of hydrogen-bond acceptors (Lipinski definition) is 2. The number of aryl methyl sites for hydroxylation is 1. The van der Waals surface area contributed by atoms with E-state index >= 15 is 0 Å². The Morgan fingerprint density at radius 1 is 1.43 bits per heavy atom. The first-order chi connectivity index (χ1) is 6.70. The normalized spacial score (nSPS) is 15.1. The largest absolute Gasteiger partial charge is 0.324 e. The van der Waals surface area contributed by atoms with Crippen molar-refractivity contribution >= 4 is 0 Å². The number of rotatable bonds is 4. The average molecular weight is 192 g/mol. The molecule has 0 aromatic carbocycles. The Morgan fingerprint density at radius 3 is 2.71 bits per heavy atom. The van der Waals surface area contributed by atoms with E-state index in [1.54, 1.807) is 0 Å². The molecule has 0 saturated carbocycles. The molecular weight excluding hydrogens is 172 g/mol. The van der Waals surface area contributed by atoms with Crippen LogP contribution in [0.2, 0.25) is 0 Å². The van der Waals surface area contributed by atoms with Crippen molar-refractivity contribution in [2.75, 3.05) is 0 Å². The molecule has 2 atom stereocenters. The summed E-state index contributed by atoms with van der Waals surface area (Å²) in [5, 5.41) is 0. The monoisotopic (exact) mass is 192 g/mol. The highest BCUT2D eigenvalue weighted by Crippen LogP contribution is 2.24. The molecule has 1 aromatic rings. The molecule has 1 aromatic heterocycles. The minimum atomic E-state index is 0.151. The lowest BCUT2D eigenvalue weighted by molar-refractivity contribution is 0.454. The van der Waals surface area contributed by atoms with Crippen LogP contribution in [0.4, 0.5) is 0 Å². The van der Waals surface area contributed by atoms with Crippen LogP contribution in [0.15, 0.2) is 18.5 Å². The molecule has 2 nitrogen and oxygen atoms in total. The second kappa shape index (κ2) is 5.11. The number of pyridine rings is 1. The molecule has 2 heteroatoms. The third-order valence-electron chi connectivity index (χ3n) is 2.94. The summed E-state index contributed by atoms with van der Waals surface area (Å²) in [5.74, 6) is 0.530. The molecule has 0 amide bonds. The quantitative estimate of drug-likeness (QED) is 0.796. The smallest absolute Gasteiger partial charge is 0.0324 e. The second-order valence-electron chi connectivity index (χ2n) is 3.84. The van der Waals surface area contributed by atoms with E-state index in [0.29, 0.717) is 5.92 Å². The van der Waals surface area contributed by atoms with Crippen LogP contribution in [-0.4, -0.2) is 4.98 Å². The van der Waals surface area contributed by atoms with Gasteiger partial charge in [-0.2, -0.15) is 0 Å². The molecule has 0 aliphatic rings. The van der Waals surface area contributed by atoms with Crippen LogP contribution in [0.25, 0.3) is 0 Å². The van der Waals surface area contributed by atoms with Crippen molar-refractivity contribution in [3.63, 3.8) is 0 Å². The fourth-order valence-electron chi connectivity index (χ4n) is 1.62. The maximum atomic E-state index is 6.20. The van der Waals surface area contributed by atoms with Crippen molar-refractivity contribution in [3.05, 3.63) is 29.6 Å². The average Bonchev–Trinajstić information content (AvgIpc) is 2.26. The molecule has 1 rings (SSSR count). The van der Waals surface area contributed by atoms with Crippen molar-refractivity contribution < 1.29 is 0 Å². The van der Waals surface area contributed by atoms with E-state index in [1.807, 2.05) is 12.4 Å². The summed E-state index contributed by atoms with van der Waals surface area (Å²) in [7, 11) is 0. The first-order valence-corrected chi connectivity index (χ1v) is 5.39. The summed E-state index contributed by atoms with van der Waals surface area (Å²) in [4.78, 5) is 4.13. The SMILES string of the molecule is CCc1cnccc1C(N)C(C)CC. The maximum Gasteiger partial charge on any atom is 0.0324 e. The van der Waals surface area contributed by atoms with Crippen LogP contribution in [0, 0.1) is 5.92 Å². The molecule has 78 valence electrons. The van der Waals surface area contributed by atoms with Gasteiger partial charge in [0.15, 0.2) is 0 Å². The predicted molar refractivity (Wildman–Crippen MR) is 60.0 cm³/mol. The fourth-order valence-corrected chi connectivity index (χ4v) is 1.62. The Hall–Kier alpha value is -0.890. The van der Waals surface area contributed by atoms with E-state index in [-0.39, 0.29) is 6.04 Å². The first kappa shape index (κ1) is 11.2. The molecule has 0 radical (unpaired) electrons. The molecule has 0 bridgehead atoms. The minimum absolute atomic E-state index is 0.151. The zero-order valence-electron chi connectivity index (χ0n) is 9.33. The Bertz CT molecular complexity index is 283. The number of nitrogens with two attached hydrogens (primary N) is 1. The van der Waals surface area contributed by atoms with Gasteiger partial charge in [0.1, 0.15) is 0 Å². The van der Waals surface area contributed by atoms with Crippen molar-refractivity contribution in [1.29, 1.82) is 0 Å². The summed E-state index contributed by atoms with van der Waals surface area (Å²) < 4.78 is 0. The fraction of sp³-hybridized carbons (Fsp3) is 0.583. The van der Waals surface area contributed by atoms with Crippen LogP contribution in [0.3, 0.4) is 0 Å². The van der Waals surface area contributed by atoms with Gasteiger partial charge in [-0.1, -0.05) is 27.2 Å². The lowest BCUT2D eigenvalue weighted by Gasteiger charge is -2.20. The Kier molecular flexibility index (Phi) is 4.08. The van der Waals surface area contributed by atoms with Gasteiger partial charge >= 0.3 is 0 Å². The standard InChI is InChI=1S/C12H20N2/c1-4-9(3)12(13)11-6-7-14-8-10(11)5-2/h6-9,12H,4-5,13H2,1-3H3. The van der Waals surface area contributed by atoms with E-state index < -0.39 is 0 Å². The van der Waals surface area contributed by atoms with Crippen LogP contribution in [0.5, 0.6) is 0 Å². The predicted octanol–water partition coefficient (Wildman–Crippen LogP) is 2.69. The van der Waals surface area contributed by atoms with E-state index in [4.69, 9.17) is 5.73 Å². The molecule has 0 saturated heterocycles. The lowest BCUT2D eigenvalue weighted by atomic mass is 9.90. The van der Waals surface area contributed by atoms with Gasteiger partial charge in [0.05, 0.1) is 0 Å². The van der Waals surface area contributed by atoms with Gasteiger partial charge in [0.2, 0.25) is 0 Å². The Morgan fingerprint density at radius 2 is 2.14 bits per heavy atom. The first-order valence-electron chi connectivity index (χ1n) is 5.39. The van der Waals surface area contributed by atoms with E-state index in [0.717, 1.165) is 12.8 Å². The summed E-state index contributed by atoms with van der Waals surface area (Å²) in [6.45, 7) is 6.52. The van der Waals surface area contributed by atoms with Gasteiger partial charge in [0, 0.05) is 18.4 Å². The summed E-state index contributed by atoms with van der Waals surface area (Å²) in [6, 6.07) is 2.20. The molecule has 2 unspecified atom stereocenters. The summed E-state index contributed by atoms with van der Waals surface area (Å²) in [6.07, 6.45) is 5.88. The second-order valence-corrected chi connectivity index (χ2v) is 3.84. The lowest BCUT2D eigenvalue weighted by Crippen LogP contribution is -2.20. The van der Waals surface area contributed by atoms with Gasteiger partial charge in [-0.25, -0.2) is 0 Å². The molecule has 2 N–H and O–H groups in total. The van der Waals surface area contributed by atoms with Crippen molar-refractivity contribution in [1.82, 2.24) is 4.98 Å². The van der Waals surface area contributed by atoms with Crippen LogP contribution < -0.4 is 5.73 Å². The van der Waals surface area contributed by atoms with Crippen LogP contribution in [-0.2, 0) is 6.42 Å². The Labute approximate surface area is 86.5 Å². The summed E-state index contributed by atoms with van der Waals surface area (Å²) >= 11 is 0. The number of aromatic nitrogens is 1. The zero-order chi connectivity index (χ0) is 10.6. The molecular formula is C12H20N2. The van der Waals surface area contributed by atoms with Gasteiger partial charge in [0.25, 0.3) is 0 Å². The zero-order valence-corrected chi connectivity index (χ0v) is 9.33. The molecule has 14 heavy (non-hydrogen) atoms. The van der Waals surface area contributed by atoms with E-state index in [2.05, 4.69) is 31.8 Å². The van der Waals surface area contributed by atoms with Crippen molar-refractivity contribution in [2.24, 2.45) is 11.7 Å². The van der Waals surface area contributed by atoms with Crippen molar-refractivity contribution in [3.8, 4) is 0 Å². The van der Waals surface area contributed by atoms with Gasteiger partial charge in [-0.05, 0) is 29.5 Å². The van der Waals surface area contributed by atoms with Crippen molar-refractivity contribution in [2.45, 2.75) is 39.7 Å². The minimum Gasteiger partial charge on any atom is -0.324 e. The van der Waals surface area contributed by atoms with Gasteiger partial charge in [-0.3, -0.25) is 4.98 Å². The van der Waals surface area contributed by atoms with Gasteiger partial charge < -0.3 is 5.73 Å². The number of hydrogen-bond donors (Lipinski definition) is 1. The topological polar surface area (TPSA) is 38.9 Å². The van der Waals surface area contributed by atoms with Crippen LogP contribution in [0.1, 0.15) is 44.4 Å². The maximum absolute atomic E-state index is 6.20. The van der Waals surface area contributed by atoms with E-state index in [9.17, 15) is 0 Å². The third-order valence-corrected chi connectivity index (χ3v) is 2.94. The van der Waals surface area contributed by atoms with Crippen LogP contribution >= 0.6 is 0 Å². The van der Waals surface area contributed by atoms with E-state index in [1.165, 1.54) is 11.1 Å². The highest BCUT2D eigenvalue weighted by molar-refractivity contribution is 5.26. The summed E-state index contributed by atoms with van der Waals surface area (Å²) in [5.41, 5.74) is 8.74. The number of nitrogens with zero attached hydrogens (tertiary/aromatic N) is 1. The Balaban J connectivity index is 2.93. The molecule has 0 fully saturated rings. The molecule has 0 aliphatic carbocycles. The molecule has 0 aliphatic heterocycles. The highest BCUT2D eigenvalue weighted by atomic mass is 14.7. The van der Waals surface area contributed by atoms with Gasteiger partial charge in [-0.15, -0.1) is 0 Å².